The van der Waals surface area contributed by atoms with Crippen LogP contribution in [0.5, 0.6) is 0 Å². The van der Waals surface area contributed by atoms with Crippen LogP contribution in [0.1, 0.15) is 36.3 Å². The number of hydrogen-bond donors (Lipinski definition) is 2. The summed E-state index contributed by atoms with van der Waals surface area (Å²) in [5.41, 5.74) is 4.64. The molecule has 0 aromatic heterocycles. The Bertz CT molecular complexity index is 1070. The van der Waals surface area contributed by atoms with E-state index in [1.165, 1.54) is 11.1 Å². The number of fused-ring (bicyclic) bond motifs is 3. The van der Waals surface area contributed by atoms with Crippen molar-refractivity contribution in [2.75, 3.05) is 32.8 Å². The molecule has 2 saturated heterocycles. The van der Waals surface area contributed by atoms with Crippen LogP contribution in [0, 0.1) is 11.8 Å². The van der Waals surface area contributed by atoms with E-state index in [1.807, 2.05) is 24.3 Å². The van der Waals surface area contributed by atoms with Gasteiger partial charge in [-0.1, -0.05) is 48.5 Å². The van der Waals surface area contributed by atoms with Crippen LogP contribution in [0.25, 0.3) is 11.1 Å². The van der Waals surface area contributed by atoms with Crippen LogP contribution < -0.4 is 5.32 Å². The maximum Gasteiger partial charge on any atom is 0.407 e. The maximum atomic E-state index is 13.0. The van der Waals surface area contributed by atoms with Gasteiger partial charge in [-0.05, 0) is 41.5 Å². The Morgan fingerprint density at radius 1 is 1.03 bits per heavy atom. The molecule has 1 aliphatic carbocycles. The Hall–Kier alpha value is -3.39. The molecule has 5 rings (SSSR count). The second kappa shape index (κ2) is 10.1. The number of nitrogens with one attached hydrogen (secondary N) is 1. The first-order valence-electron chi connectivity index (χ1n) is 12.2. The number of carboxylic acid groups (broad SMARTS) is 1. The molecule has 2 aromatic carbocycles. The second-order valence-electron chi connectivity index (χ2n) is 9.51. The molecule has 2 N–H and O–H groups in total. The topological polar surface area (TPSA) is 105 Å². The molecule has 184 valence electrons. The number of benzene rings is 2. The monoisotopic (exact) mass is 478 g/mol. The molecule has 8 heteroatoms. The van der Waals surface area contributed by atoms with Gasteiger partial charge in [0.25, 0.3) is 5.91 Å². The number of ether oxygens (including phenoxy) is 2. The zero-order chi connectivity index (χ0) is 24.4. The van der Waals surface area contributed by atoms with Gasteiger partial charge in [0.15, 0.2) is 0 Å². The number of nitrogens with zero attached hydrogens (tertiary/aromatic N) is 1. The van der Waals surface area contributed by atoms with Gasteiger partial charge in [-0.25, -0.2) is 4.79 Å². The summed E-state index contributed by atoms with van der Waals surface area (Å²) in [5.74, 6) is -1.78. The van der Waals surface area contributed by atoms with Gasteiger partial charge in [0.1, 0.15) is 12.7 Å². The summed E-state index contributed by atoms with van der Waals surface area (Å²) < 4.78 is 11.3. The van der Waals surface area contributed by atoms with Crippen LogP contribution in [0.3, 0.4) is 0 Å². The molecule has 0 bridgehead atoms. The van der Waals surface area contributed by atoms with Gasteiger partial charge >= 0.3 is 12.1 Å². The Balaban J connectivity index is 1.15. The number of aliphatic carboxylic acids is 1. The van der Waals surface area contributed by atoms with Crippen molar-refractivity contribution in [2.24, 2.45) is 11.8 Å². The summed E-state index contributed by atoms with van der Waals surface area (Å²) in [4.78, 5) is 38.5. The lowest BCUT2D eigenvalue weighted by atomic mass is 9.95. The van der Waals surface area contributed by atoms with E-state index < -0.39 is 24.1 Å². The highest BCUT2D eigenvalue weighted by atomic mass is 16.5. The number of amides is 2. The Kier molecular flexibility index (Phi) is 6.72. The van der Waals surface area contributed by atoms with Crippen LogP contribution >= 0.6 is 0 Å². The Morgan fingerprint density at radius 3 is 2.40 bits per heavy atom. The van der Waals surface area contributed by atoms with E-state index in [9.17, 15) is 19.5 Å². The van der Waals surface area contributed by atoms with Crippen molar-refractivity contribution in [2.45, 2.75) is 31.3 Å². The van der Waals surface area contributed by atoms with Crippen molar-refractivity contribution >= 4 is 18.0 Å². The highest BCUT2D eigenvalue weighted by Crippen LogP contribution is 2.44. The Labute approximate surface area is 204 Å². The lowest BCUT2D eigenvalue weighted by Crippen LogP contribution is -2.49. The molecule has 0 saturated carbocycles. The number of hydrogen-bond acceptors (Lipinski definition) is 5. The molecule has 2 aromatic rings. The third-order valence-corrected chi connectivity index (χ3v) is 7.39. The third kappa shape index (κ3) is 4.75. The fourth-order valence-electron chi connectivity index (χ4n) is 5.54. The lowest BCUT2D eigenvalue weighted by Gasteiger charge is -2.33. The van der Waals surface area contributed by atoms with E-state index in [-0.39, 0.29) is 37.4 Å². The molecule has 2 amide bonds. The van der Waals surface area contributed by atoms with E-state index in [1.54, 1.807) is 4.90 Å². The molecule has 3 atom stereocenters. The van der Waals surface area contributed by atoms with Gasteiger partial charge in [-0.15, -0.1) is 0 Å². The minimum absolute atomic E-state index is 0.0152. The lowest BCUT2D eigenvalue weighted by molar-refractivity contribution is -0.149. The first-order chi connectivity index (χ1) is 17.0. The zero-order valence-corrected chi connectivity index (χ0v) is 19.5. The molecule has 2 heterocycles. The molecule has 3 aliphatic rings. The normalized spacial score (nSPS) is 23.4. The molecule has 0 spiro atoms. The predicted molar refractivity (Wildman–Crippen MR) is 128 cm³/mol. The molecule has 0 unspecified atom stereocenters. The number of carbonyl (C=O) groups excluding carboxylic acids is 2. The number of carbonyl (C=O) groups is 3. The highest BCUT2D eigenvalue weighted by molar-refractivity contribution is 5.83. The largest absolute Gasteiger partial charge is 0.481 e. The van der Waals surface area contributed by atoms with Crippen molar-refractivity contribution in [3.8, 4) is 11.1 Å². The summed E-state index contributed by atoms with van der Waals surface area (Å²) in [7, 11) is 0. The number of alkyl carbamates (subject to hydrolysis) is 1. The van der Waals surface area contributed by atoms with Crippen LogP contribution in [0.4, 0.5) is 4.79 Å². The summed E-state index contributed by atoms with van der Waals surface area (Å²) >= 11 is 0. The van der Waals surface area contributed by atoms with Crippen molar-refractivity contribution in [1.29, 1.82) is 0 Å². The van der Waals surface area contributed by atoms with Gasteiger partial charge in [-0.3, -0.25) is 9.59 Å². The number of carboxylic acids is 1. The number of piperidine rings is 1. The molecular formula is C27H30N2O6. The van der Waals surface area contributed by atoms with Crippen molar-refractivity contribution in [1.82, 2.24) is 10.2 Å². The molecule has 2 fully saturated rings. The summed E-state index contributed by atoms with van der Waals surface area (Å²) in [6.07, 6.45) is 0.705. The molecule has 0 radical (unpaired) electrons. The van der Waals surface area contributed by atoms with Crippen LogP contribution in [0.2, 0.25) is 0 Å². The molecule has 35 heavy (non-hydrogen) atoms. The smallest absolute Gasteiger partial charge is 0.407 e. The summed E-state index contributed by atoms with van der Waals surface area (Å²) in [6, 6.07) is 16.3. The van der Waals surface area contributed by atoms with Crippen LogP contribution in [-0.4, -0.2) is 66.9 Å². The standard InChI is InChI=1S/C27H30N2O6/c30-25(29-12-5-6-18(15-29)26(31)32)24-17(11-13-34-24)14-28-27(33)35-16-23-21-9-3-1-7-19(21)20-8-2-4-10-22(20)23/h1-4,7-10,17-18,23-24H,5-6,11-16H2,(H,28,33)(H,31,32)/t17-,18+,24-/m0/s1. The van der Waals surface area contributed by atoms with Crippen molar-refractivity contribution in [3.63, 3.8) is 0 Å². The van der Waals surface area contributed by atoms with Crippen LogP contribution in [0.15, 0.2) is 48.5 Å². The van der Waals surface area contributed by atoms with Gasteiger partial charge in [-0.2, -0.15) is 0 Å². The van der Waals surface area contributed by atoms with Crippen LogP contribution in [-0.2, 0) is 19.1 Å². The van der Waals surface area contributed by atoms with E-state index in [2.05, 4.69) is 29.6 Å². The number of likely N-dealkylation sites (tertiary alicyclic amines) is 1. The first-order valence-corrected chi connectivity index (χ1v) is 12.2. The minimum Gasteiger partial charge on any atom is -0.481 e. The first kappa shape index (κ1) is 23.4. The second-order valence-corrected chi connectivity index (χ2v) is 9.51. The van der Waals surface area contributed by atoms with Crippen molar-refractivity contribution in [3.05, 3.63) is 59.7 Å². The van der Waals surface area contributed by atoms with E-state index in [0.29, 0.717) is 32.4 Å². The zero-order valence-electron chi connectivity index (χ0n) is 19.5. The van der Waals surface area contributed by atoms with E-state index >= 15 is 0 Å². The third-order valence-electron chi connectivity index (χ3n) is 7.39. The average Bonchev–Trinajstić information content (AvgIpc) is 3.48. The molecule has 8 nitrogen and oxygen atoms in total. The minimum atomic E-state index is -0.872. The summed E-state index contributed by atoms with van der Waals surface area (Å²) in [5, 5.41) is 12.1. The SMILES string of the molecule is O=C(NC[C@@H]1CCO[C@@H]1C(=O)N1CCC[C@@H](C(=O)O)C1)OCC1c2ccccc2-c2ccccc21. The Morgan fingerprint density at radius 2 is 1.71 bits per heavy atom. The molecule has 2 aliphatic heterocycles. The quantitative estimate of drug-likeness (QED) is 0.660. The van der Waals surface area contributed by atoms with Crippen molar-refractivity contribution < 1.29 is 29.0 Å². The average molecular weight is 479 g/mol. The van der Waals surface area contributed by atoms with Gasteiger partial charge in [0, 0.05) is 38.1 Å². The van der Waals surface area contributed by atoms with Gasteiger partial charge in [0.05, 0.1) is 5.92 Å². The maximum absolute atomic E-state index is 13.0. The fourth-order valence-corrected chi connectivity index (χ4v) is 5.54. The fraction of sp³-hybridized carbons (Fsp3) is 0.444. The summed E-state index contributed by atoms with van der Waals surface area (Å²) in [6.45, 7) is 1.68. The predicted octanol–water partition coefficient (Wildman–Crippen LogP) is 3.25. The van der Waals surface area contributed by atoms with Gasteiger partial charge in [0.2, 0.25) is 0 Å². The van der Waals surface area contributed by atoms with E-state index in [4.69, 9.17) is 9.47 Å². The number of rotatable bonds is 6. The van der Waals surface area contributed by atoms with Gasteiger partial charge < -0.3 is 24.8 Å². The highest BCUT2D eigenvalue weighted by Gasteiger charge is 2.39. The molecular weight excluding hydrogens is 448 g/mol. The van der Waals surface area contributed by atoms with E-state index in [0.717, 1.165) is 11.1 Å².